The molecule has 0 unspecified atom stereocenters. The quantitative estimate of drug-likeness (QED) is 0.522. The molecule has 0 spiro atoms. The van der Waals surface area contributed by atoms with Crippen molar-refractivity contribution in [3.05, 3.63) is 63.7 Å². The average Bonchev–Trinajstić information content (AvgIpc) is 2.95. The van der Waals surface area contributed by atoms with Gasteiger partial charge in [0.2, 0.25) is 0 Å². The summed E-state index contributed by atoms with van der Waals surface area (Å²) in [5, 5.41) is 4.08. The van der Waals surface area contributed by atoms with Crippen molar-refractivity contribution in [1.82, 2.24) is 0 Å². The molecule has 3 rings (SSSR count). The molecule has 6 heteroatoms. The lowest BCUT2D eigenvalue weighted by atomic mass is 10.1. The van der Waals surface area contributed by atoms with Gasteiger partial charge in [0.25, 0.3) is 0 Å². The second-order valence-electron chi connectivity index (χ2n) is 6.15. The van der Waals surface area contributed by atoms with Crippen molar-refractivity contribution in [2.45, 2.75) is 27.4 Å². The number of halogens is 1. The molecule has 27 heavy (non-hydrogen) atoms. The predicted molar refractivity (Wildman–Crippen MR) is 105 cm³/mol. The van der Waals surface area contributed by atoms with Crippen LogP contribution < -0.4 is 9.47 Å². The highest BCUT2D eigenvalue weighted by Crippen LogP contribution is 2.38. The zero-order valence-electron chi connectivity index (χ0n) is 15.4. The van der Waals surface area contributed by atoms with Crippen LogP contribution in [0.15, 0.2) is 47.1 Å². The zero-order valence-corrected chi connectivity index (χ0v) is 16.2. The molecule has 1 heterocycles. The Bertz CT molecular complexity index is 917. The van der Waals surface area contributed by atoms with Crippen LogP contribution >= 0.6 is 11.6 Å². The number of oxime groups is 1. The molecule has 0 atom stereocenters. The monoisotopic (exact) mass is 385 g/mol. The molecule has 1 aliphatic heterocycles. The number of benzene rings is 2. The third-order valence-corrected chi connectivity index (χ3v) is 4.30. The molecule has 0 saturated carbocycles. The molecular weight excluding hydrogens is 366 g/mol. The molecule has 140 valence electrons. The van der Waals surface area contributed by atoms with E-state index < -0.39 is 5.97 Å². The van der Waals surface area contributed by atoms with Gasteiger partial charge in [-0.25, -0.2) is 4.79 Å². The molecule has 1 aliphatic rings. The highest BCUT2D eigenvalue weighted by Gasteiger charge is 2.22. The largest absolute Gasteiger partial charge is 0.490 e. The molecule has 2 aromatic carbocycles. The van der Waals surface area contributed by atoms with Crippen molar-refractivity contribution in [1.29, 1.82) is 0 Å². The summed E-state index contributed by atoms with van der Waals surface area (Å²) in [7, 11) is 0. The van der Waals surface area contributed by atoms with E-state index in [0.29, 0.717) is 46.6 Å². The Kier molecular flexibility index (Phi) is 5.81. The number of ether oxygens (including phenoxy) is 2. The summed E-state index contributed by atoms with van der Waals surface area (Å²) >= 11 is 6.44. The van der Waals surface area contributed by atoms with Crippen LogP contribution in [-0.2, 0) is 16.2 Å². The second-order valence-corrected chi connectivity index (χ2v) is 6.56. The van der Waals surface area contributed by atoms with E-state index in [1.54, 1.807) is 25.1 Å². The first-order chi connectivity index (χ1) is 13.0. The first-order valence-corrected chi connectivity index (χ1v) is 8.98. The van der Waals surface area contributed by atoms with E-state index >= 15 is 0 Å². The van der Waals surface area contributed by atoms with Crippen molar-refractivity contribution < 1.29 is 19.1 Å². The van der Waals surface area contributed by atoms with E-state index in [2.05, 4.69) is 9.99 Å². The fraction of sp³-hybridized carbons (Fsp3) is 0.238. The Morgan fingerprint density at radius 1 is 1.15 bits per heavy atom. The summed E-state index contributed by atoms with van der Waals surface area (Å²) in [5.74, 6) is 0.506. The summed E-state index contributed by atoms with van der Waals surface area (Å²) in [6.45, 7) is 6.46. The van der Waals surface area contributed by atoms with Crippen molar-refractivity contribution in [3.8, 4) is 11.5 Å². The van der Waals surface area contributed by atoms with Gasteiger partial charge in [0.15, 0.2) is 11.5 Å². The molecule has 0 aliphatic carbocycles. The molecule has 5 nitrogen and oxygen atoms in total. The molecular formula is C21H20ClNO4. The zero-order chi connectivity index (χ0) is 19.4. The number of rotatable bonds is 6. The molecule has 0 N–H and O–H groups in total. The van der Waals surface area contributed by atoms with Gasteiger partial charge in [-0.3, -0.25) is 0 Å². The van der Waals surface area contributed by atoms with E-state index in [1.807, 2.05) is 38.1 Å². The third-order valence-electron chi connectivity index (χ3n) is 4.02. The maximum Gasteiger partial charge on any atom is 0.367 e. The van der Waals surface area contributed by atoms with E-state index in [0.717, 1.165) is 5.56 Å². The Morgan fingerprint density at radius 2 is 1.89 bits per heavy atom. The SMILES string of the molecule is CCOc1cc(/C=C2\C(=O)ON=C2C)cc(Cl)c1OCc1ccc(C)cc1. The van der Waals surface area contributed by atoms with Crippen molar-refractivity contribution >= 4 is 29.4 Å². The van der Waals surface area contributed by atoms with Gasteiger partial charge < -0.3 is 14.3 Å². The Hall–Kier alpha value is -2.79. The van der Waals surface area contributed by atoms with Crippen molar-refractivity contribution in [3.63, 3.8) is 0 Å². The lowest BCUT2D eigenvalue weighted by molar-refractivity contribution is -0.136. The highest BCUT2D eigenvalue weighted by atomic mass is 35.5. The number of aryl methyl sites for hydroxylation is 1. The minimum atomic E-state index is -0.485. The van der Waals surface area contributed by atoms with Crippen LogP contribution in [0.3, 0.4) is 0 Å². The van der Waals surface area contributed by atoms with Crippen molar-refractivity contribution in [2.24, 2.45) is 5.16 Å². The number of carbonyl (C=O) groups is 1. The number of nitrogens with zero attached hydrogens (tertiary/aromatic N) is 1. The van der Waals surface area contributed by atoms with Gasteiger partial charge in [-0.15, -0.1) is 0 Å². The van der Waals surface area contributed by atoms with Crippen LogP contribution in [0.1, 0.15) is 30.5 Å². The smallest absolute Gasteiger partial charge is 0.367 e. The fourth-order valence-electron chi connectivity index (χ4n) is 2.60. The highest BCUT2D eigenvalue weighted by molar-refractivity contribution is 6.32. The van der Waals surface area contributed by atoms with Crippen molar-refractivity contribution in [2.75, 3.05) is 6.61 Å². The van der Waals surface area contributed by atoms with Gasteiger partial charge >= 0.3 is 5.97 Å². The average molecular weight is 386 g/mol. The minimum absolute atomic E-state index is 0.374. The maximum absolute atomic E-state index is 11.7. The summed E-state index contributed by atoms with van der Waals surface area (Å²) in [5.41, 5.74) is 3.84. The Balaban J connectivity index is 1.88. The Morgan fingerprint density at radius 3 is 2.52 bits per heavy atom. The third kappa shape index (κ3) is 4.49. The maximum atomic E-state index is 11.7. The molecule has 0 amide bonds. The molecule has 0 bridgehead atoms. The second kappa shape index (κ2) is 8.27. The lowest BCUT2D eigenvalue weighted by Gasteiger charge is -2.15. The number of carbonyl (C=O) groups excluding carboxylic acids is 1. The summed E-state index contributed by atoms with van der Waals surface area (Å²) in [6, 6.07) is 11.6. The number of hydrogen-bond acceptors (Lipinski definition) is 5. The topological polar surface area (TPSA) is 57.1 Å². The van der Waals surface area contributed by atoms with E-state index in [1.165, 1.54) is 5.56 Å². The van der Waals surface area contributed by atoms with Gasteiger partial charge in [0.1, 0.15) is 6.61 Å². The molecule has 0 saturated heterocycles. The fourth-order valence-corrected chi connectivity index (χ4v) is 2.87. The summed E-state index contributed by atoms with van der Waals surface area (Å²) < 4.78 is 11.6. The van der Waals surface area contributed by atoms with Crippen LogP contribution in [0, 0.1) is 6.92 Å². The van der Waals surface area contributed by atoms with Crippen LogP contribution in [0.4, 0.5) is 0 Å². The summed E-state index contributed by atoms with van der Waals surface area (Å²) in [4.78, 5) is 16.4. The standard InChI is InChI=1S/C21H20ClNO4/c1-4-25-19-11-16(9-17-14(3)23-27-21(17)24)10-18(22)20(19)26-12-15-7-5-13(2)6-8-15/h5-11H,4,12H2,1-3H3/b17-9-. The molecule has 2 aromatic rings. The molecule has 0 fully saturated rings. The molecule has 0 aromatic heterocycles. The summed E-state index contributed by atoms with van der Waals surface area (Å²) in [6.07, 6.45) is 1.67. The molecule has 0 radical (unpaired) electrons. The lowest BCUT2D eigenvalue weighted by Crippen LogP contribution is -2.03. The predicted octanol–water partition coefficient (Wildman–Crippen LogP) is 4.94. The van der Waals surface area contributed by atoms with Gasteiger partial charge in [-0.1, -0.05) is 46.6 Å². The van der Waals surface area contributed by atoms with Gasteiger partial charge in [0.05, 0.1) is 22.9 Å². The number of hydrogen-bond donors (Lipinski definition) is 0. The first kappa shape index (κ1) is 19.0. The van der Waals surface area contributed by atoms with E-state index in [4.69, 9.17) is 21.1 Å². The van der Waals surface area contributed by atoms with E-state index in [-0.39, 0.29) is 0 Å². The van der Waals surface area contributed by atoms with Gasteiger partial charge in [-0.05, 0) is 50.1 Å². The van der Waals surface area contributed by atoms with E-state index in [9.17, 15) is 4.79 Å². The normalized spacial score (nSPS) is 14.9. The minimum Gasteiger partial charge on any atom is -0.490 e. The van der Waals surface area contributed by atoms with Gasteiger partial charge in [0, 0.05) is 0 Å². The van der Waals surface area contributed by atoms with Crippen LogP contribution in [-0.4, -0.2) is 18.3 Å². The first-order valence-electron chi connectivity index (χ1n) is 8.60. The van der Waals surface area contributed by atoms with Crippen LogP contribution in [0.5, 0.6) is 11.5 Å². The Labute approximate surface area is 163 Å². The van der Waals surface area contributed by atoms with Crippen LogP contribution in [0.25, 0.3) is 6.08 Å². The van der Waals surface area contributed by atoms with Gasteiger partial charge in [-0.2, -0.15) is 0 Å². The van der Waals surface area contributed by atoms with Crippen LogP contribution in [0.2, 0.25) is 5.02 Å².